The molecule has 1 heterocycles. The molecule has 13 heteroatoms. The first-order valence-corrected chi connectivity index (χ1v) is 14.5. The molecule has 1 aliphatic rings. The van der Waals surface area contributed by atoms with Crippen LogP contribution < -0.4 is 32.7 Å². The Balaban J connectivity index is 3.16. The Kier molecular flexibility index (Phi) is 15.6. The van der Waals surface area contributed by atoms with Gasteiger partial charge in [-0.25, -0.2) is 0 Å². The fourth-order valence-corrected chi connectivity index (χ4v) is 4.70. The maximum Gasteiger partial charge on any atom is 0.245 e. The minimum absolute atomic E-state index is 0.0703. The van der Waals surface area contributed by atoms with Gasteiger partial charge >= 0.3 is 0 Å². The van der Waals surface area contributed by atoms with Crippen LogP contribution >= 0.6 is 0 Å². The minimum atomic E-state index is -0.939. The molecule has 0 saturated carbocycles. The monoisotopic (exact) mass is 566 g/mol. The third-order valence-corrected chi connectivity index (χ3v) is 7.08. The Morgan fingerprint density at radius 1 is 0.950 bits per heavy atom. The first kappa shape index (κ1) is 34.6. The number of hydrogen-bond acceptors (Lipinski definition) is 6. The molecule has 0 aliphatic carbocycles. The predicted molar refractivity (Wildman–Crippen MR) is 154 cm³/mol. The maximum absolute atomic E-state index is 13.7. The molecule has 1 saturated heterocycles. The molecule has 5 atom stereocenters. The lowest BCUT2D eigenvalue weighted by molar-refractivity contribution is -0.142. The van der Waals surface area contributed by atoms with Crippen molar-refractivity contribution in [1.29, 1.82) is 0 Å². The molecule has 228 valence electrons. The van der Waals surface area contributed by atoms with Gasteiger partial charge in [0, 0.05) is 26.6 Å². The second kappa shape index (κ2) is 18.1. The van der Waals surface area contributed by atoms with Crippen molar-refractivity contribution in [3.05, 3.63) is 0 Å². The van der Waals surface area contributed by atoms with Gasteiger partial charge in [0.25, 0.3) is 0 Å². The fraction of sp³-hybridized carbons (Fsp3) is 0.778. The average Bonchev–Trinajstić information content (AvgIpc) is 3.40. The molecule has 0 aromatic carbocycles. The van der Waals surface area contributed by atoms with E-state index in [-0.39, 0.29) is 42.6 Å². The zero-order chi connectivity index (χ0) is 30.2. The number of nitrogens with zero attached hydrogens (tertiary/aromatic N) is 2. The first-order valence-electron chi connectivity index (χ1n) is 14.5. The number of aliphatic imine (C=N–C) groups is 1. The SMILES string of the molecule is CCCC[C@H](NC(C)=O)C(=O)N[C@H](C(=O)N[C@@H](CCCN=C(N)N)C(=O)N1CCC[C@H]1C(=O)NCC)[C@@H](C)CC. The molecule has 0 aromatic rings. The Hall–Kier alpha value is -3.38. The highest BCUT2D eigenvalue weighted by Crippen LogP contribution is 2.20. The quantitative estimate of drug-likeness (QED) is 0.0800. The van der Waals surface area contributed by atoms with Crippen molar-refractivity contribution in [3.63, 3.8) is 0 Å². The van der Waals surface area contributed by atoms with E-state index in [1.165, 1.54) is 11.8 Å². The van der Waals surface area contributed by atoms with Crippen molar-refractivity contribution in [3.8, 4) is 0 Å². The summed E-state index contributed by atoms with van der Waals surface area (Å²) in [5, 5.41) is 11.1. The molecule has 1 fully saturated rings. The van der Waals surface area contributed by atoms with Crippen LogP contribution in [0.5, 0.6) is 0 Å². The summed E-state index contributed by atoms with van der Waals surface area (Å²) in [6, 6.07) is -3.24. The lowest BCUT2D eigenvalue weighted by Crippen LogP contribution is -2.59. The molecule has 0 bridgehead atoms. The van der Waals surface area contributed by atoms with E-state index < -0.39 is 36.0 Å². The summed E-state index contributed by atoms with van der Waals surface area (Å²) in [7, 11) is 0. The van der Waals surface area contributed by atoms with E-state index in [1.807, 2.05) is 27.7 Å². The van der Waals surface area contributed by atoms with Gasteiger partial charge in [-0.15, -0.1) is 0 Å². The topological polar surface area (TPSA) is 201 Å². The van der Waals surface area contributed by atoms with Crippen molar-refractivity contribution in [2.45, 2.75) is 110 Å². The van der Waals surface area contributed by atoms with Gasteiger partial charge in [0.1, 0.15) is 24.2 Å². The summed E-state index contributed by atoms with van der Waals surface area (Å²) in [6.45, 7) is 10.0. The van der Waals surface area contributed by atoms with E-state index in [2.05, 4.69) is 26.3 Å². The van der Waals surface area contributed by atoms with Crippen molar-refractivity contribution in [2.75, 3.05) is 19.6 Å². The number of carbonyl (C=O) groups is 5. The highest BCUT2D eigenvalue weighted by Gasteiger charge is 2.38. The number of likely N-dealkylation sites (tertiary alicyclic amines) is 1. The third-order valence-electron chi connectivity index (χ3n) is 7.08. The van der Waals surface area contributed by atoms with Crippen LogP contribution in [0.3, 0.4) is 0 Å². The van der Waals surface area contributed by atoms with Crippen molar-refractivity contribution >= 4 is 35.5 Å². The number of rotatable bonds is 17. The summed E-state index contributed by atoms with van der Waals surface area (Å²) in [5.74, 6) is -2.19. The van der Waals surface area contributed by atoms with Gasteiger partial charge in [0.2, 0.25) is 29.5 Å². The van der Waals surface area contributed by atoms with Crippen LogP contribution in [-0.2, 0) is 24.0 Å². The highest BCUT2D eigenvalue weighted by atomic mass is 16.2. The van der Waals surface area contributed by atoms with Crippen LogP contribution in [0.15, 0.2) is 4.99 Å². The number of hydrogen-bond donors (Lipinski definition) is 6. The van der Waals surface area contributed by atoms with Crippen LogP contribution in [0, 0.1) is 5.92 Å². The lowest BCUT2D eigenvalue weighted by Gasteiger charge is -2.31. The molecule has 0 unspecified atom stereocenters. The second-order valence-corrected chi connectivity index (χ2v) is 10.4. The van der Waals surface area contributed by atoms with E-state index >= 15 is 0 Å². The Bertz CT molecular complexity index is 892. The van der Waals surface area contributed by atoms with Gasteiger partial charge in [-0.2, -0.15) is 0 Å². The molecule has 0 aromatic heterocycles. The summed E-state index contributed by atoms with van der Waals surface area (Å²) >= 11 is 0. The molecular formula is C27H50N8O5. The molecule has 40 heavy (non-hydrogen) atoms. The predicted octanol–water partition coefficient (Wildman–Crippen LogP) is -0.122. The highest BCUT2D eigenvalue weighted by molar-refractivity contribution is 5.95. The smallest absolute Gasteiger partial charge is 0.245 e. The van der Waals surface area contributed by atoms with E-state index in [9.17, 15) is 24.0 Å². The maximum atomic E-state index is 13.7. The van der Waals surface area contributed by atoms with Gasteiger partial charge in [0.05, 0.1) is 0 Å². The molecule has 5 amide bonds. The van der Waals surface area contributed by atoms with Gasteiger partial charge < -0.3 is 37.6 Å². The summed E-state index contributed by atoms with van der Waals surface area (Å²) in [4.78, 5) is 70.2. The normalized spacial score (nSPS) is 17.6. The van der Waals surface area contributed by atoms with Crippen LogP contribution in [-0.4, -0.2) is 84.2 Å². The summed E-state index contributed by atoms with van der Waals surface area (Å²) in [6.07, 6.45) is 4.48. The largest absolute Gasteiger partial charge is 0.370 e. The number of unbranched alkanes of at least 4 members (excludes halogenated alkanes) is 1. The average molecular weight is 567 g/mol. The number of nitrogens with two attached hydrogens (primary N) is 2. The summed E-state index contributed by atoms with van der Waals surface area (Å²) in [5.41, 5.74) is 10.8. The molecule has 13 nitrogen and oxygen atoms in total. The Morgan fingerprint density at radius 2 is 1.62 bits per heavy atom. The van der Waals surface area contributed by atoms with Gasteiger partial charge in [0.15, 0.2) is 5.96 Å². The van der Waals surface area contributed by atoms with E-state index in [1.54, 1.807) is 0 Å². The zero-order valence-corrected chi connectivity index (χ0v) is 24.8. The van der Waals surface area contributed by atoms with Crippen molar-refractivity contribution < 1.29 is 24.0 Å². The third kappa shape index (κ3) is 11.4. The number of guanidine groups is 1. The fourth-order valence-electron chi connectivity index (χ4n) is 4.70. The molecule has 0 spiro atoms. The van der Waals surface area contributed by atoms with Gasteiger partial charge in [-0.05, 0) is 44.9 Å². The molecular weight excluding hydrogens is 516 g/mol. The Labute approximate surface area is 238 Å². The van der Waals surface area contributed by atoms with E-state index in [4.69, 9.17) is 11.5 Å². The number of nitrogens with one attached hydrogen (secondary N) is 4. The molecule has 0 radical (unpaired) electrons. The van der Waals surface area contributed by atoms with Crippen molar-refractivity contribution in [1.82, 2.24) is 26.2 Å². The molecule has 1 aliphatic heterocycles. The van der Waals surface area contributed by atoms with Crippen LogP contribution in [0.2, 0.25) is 0 Å². The van der Waals surface area contributed by atoms with E-state index in [0.29, 0.717) is 45.2 Å². The number of likely N-dealkylation sites (N-methyl/N-ethyl adjacent to an activating group) is 1. The molecule has 8 N–H and O–H groups in total. The number of amides is 5. The minimum Gasteiger partial charge on any atom is -0.370 e. The zero-order valence-electron chi connectivity index (χ0n) is 24.8. The summed E-state index contributed by atoms with van der Waals surface area (Å²) < 4.78 is 0. The van der Waals surface area contributed by atoms with Crippen LogP contribution in [0.1, 0.15) is 86.0 Å². The second-order valence-electron chi connectivity index (χ2n) is 10.4. The van der Waals surface area contributed by atoms with E-state index in [0.717, 1.165) is 12.8 Å². The van der Waals surface area contributed by atoms with Crippen LogP contribution in [0.25, 0.3) is 0 Å². The number of carbonyl (C=O) groups excluding carboxylic acids is 5. The van der Waals surface area contributed by atoms with Gasteiger partial charge in [-0.3, -0.25) is 29.0 Å². The van der Waals surface area contributed by atoms with Gasteiger partial charge in [-0.1, -0.05) is 40.0 Å². The molecule has 1 rings (SSSR count). The first-order chi connectivity index (χ1) is 19.0. The standard InChI is InChI=1S/C27H50N8O5/c1-6-9-12-19(32-18(5)36)23(37)34-22(17(4)7-2)25(39)33-20(13-10-15-31-27(28)29)26(40)35-16-11-14-21(35)24(38)30-8-3/h17,19-22H,6-16H2,1-5H3,(H,30,38)(H,32,36)(H,33,39)(H,34,37)(H4,28,29,31)/t17-,19-,20-,21-,22-/m0/s1. The lowest BCUT2D eigenvalue weighted by atomic mass is 9.96. The Morgan fingerprint density at radius 3 is 2.20 bits per heavy atom. The van der Waals surface area contributed by atoms with Crippen molar-refractivity contribution in [2.24, 2.45) is 22.4 Å². The van der Waals surface area contributed by atoms with Crippen LogP contribution in [0.4, 0.5) is 0 Å².